The van der Waals surface area contributed by atoms with Gasteiger partial charge >= 0.3 is 0 Å². The molecule has 162 valence electrons. The average Bonchev–Trinajstić information content (AvgIpc) is 3.18. The highest BCUT2D eigenvalue weighted by atomic mass is 16.5. The molecule has 4 rings (SSSR count). The van der Waals surface area contributed by atoms with Gasteiger partial charge in [0.2, 0.25) is 0 Å². The summed E-state index contributed by atoms with van der Waals surface area (Å²) in [7, 11) is 2.13. The van der Waals surface area contributed by atoms with Gasteiger partial charge in [0.25, 0.3) is 0 Å². The smallest absolute Gasteiger partial charge is 0.161 e. The minimum absolute atomic E-state index is 0.282. The molecule has 0 bridgehead atoms. The zero-order chi connectivity index (χ0) is 20.8. The van der Waals surface area contributed by atoms with Gasteiger partial charge in [-0.2, -0.15) is 0 Å². The number of ether oxygens (including phenoxy) is 2. The van der Waals surface area contributed by atoms with E-state index in [-0.39, 0.29) is 6.10 Å². The predicted molar refractivity (Wildman–Crippen MR) is 119 cm³/mol. The molecule has 2 fully saturated rings. The van der Waals surface area contributed by atoms with Gasteiger partial charge in [-0.15, -0.1) is 0 Å². The Hall–Kier alpha value is -2.22. The Kier molecular flexibility index (Phi) is 7.15. The number of nitrogens with zero attached hydrogens (tertiary/aromatic N) is 4. The number of hydrogen-bond donors (Lipinski definition) is 1. The van der Waals surface area contributed by atoms with Crippen LogP contribution in [0.5, 0.6) is 5.75 Å². The number of likely N-dealkylation sites (tertiary alicyclic amines) is 1. The Morgan fingerprint density at radius 2 is 1.97 bits per heavy atom. The summed E-state index contributed by atoms with van der Waals surface area (Å²) in [5.74, 6) is 2.56. The zero-order valence-electron chi connectivity index (χ0n) is 18.1. The first-order chi connectivity index (χ1) is 14.7. The lowest BCUT2D eigenvalue weighted by atomic mass is 10.2. The quantitative estimate of drug-likeness (QED) is 0.670. The van der Waals surface area contributed by atoms with Gasteiger partial charge in [0.15, 0.2) is 5.82 Å². The molecule has 2 saturated heterocycles. The SMILES string of the molecule is Cc1cnc(-c2ccc(O[C@H]3CCN(C)C3)cc2)nc1NCCCN1CCOCC1. The molecule has 1 aromatic carbocycles. The number of morpholine rings is 1. The van der Waals surface area contributed by atoms with E-state index in [9.17, 15) is 0 Å². The molecule has 2 aromatic rings. The fourth-order valence-corrected chi connectivity index (χ4v) is 3.96. The van der Waals surface area contributed by atoms with Crippen LogP contribution in [0.2, 0.25) is 0 Å². The van der Waals surface area contributed by atoms with E-state index in [4.69, 9.17) is 14.5 Å². The molecule has 1 N–H and O–H groups in total. The molecule has 1 aromatic heterocycles. The minimum atomic E-state index is 0.282. The number of aromatic nitrogens is 2. The monoisotopic (exact) mass is 411 g/mol. The van der Waals surface area contributed by atoms with Crippen molar-refractivity contribution in [2.75, 3.05) is 64.8 Å². The van der Waals surface area contributed by atoms with Gasteiger partial charge in [0, 0.05) is 50.0 Å². The van der Waals surface area contributed by atoms with Crippen molar-refractivity contribution >= 4 is 5.82 Å². The molecule has 0 unspecified atom stereocenters. The Balaban J connectivity index is 1.31. The van der Waals surface area contributed by atoms with Crippen molar-refractivity contribution in [2.24, 2.45) is 0 Å². The fourth-order valence-electron chi connectivity index (χ4n) is 3.96. The summed E-state index contributed by atoms with van der Waals surface area (Å²) in [5, 5.41) is 3.49. The molecule has 2 aliphatic rings. The Morgan fingerprint density at radius 1 is 1.17 bits per heavy atom. The first-order valence-electron chi connectivity index (χ1n) is 11.0. The van der Waals surface area contributed by atoms with E-state index in [0.717, 1.165) is 93.8 Å². The van der Waals surface area contributed by atoms with Gasteiger partial charge in [-0.1, -0.05) is 0 Å². The maximum absolute atomic E-state index is 6.09. The third-order valence-corrected chi connectivity index (χ3v) is 5.78. The predicted octanol–water partition coefficient (Wildman–Crippen LogP) is 2.67. The van der Waals surface area contributed by atoms with Crippen LogP contribution in [0.1, 0.15) is 18.4 Å². The number of anilines is 1. The van der Waals surface area contributed by atoms with Crippen LogP contribution in [-0.4, -0.2) is 85.4 Å². The van der Waals surface area contributed by atoms with Crippen LogP contribution < -0.4 is 10.1 Å². The largest absolute Gasteiger partial charge is 0.489 e. The van der Waals surface area contributed by atoms with Crippen LogP contribution >= 0.6 is 0 Å². The van der Waals surface area contributed by atoms with Crippen molar-refractivity contribution in [1.29, 1.82) is 0 Å². The van der Waals surface area contributed by atoms with Crippen LogP contribution in [0, 0.1) is 6.92 Å². The van der Waals surface area contributed by atoms with Crippen molar-refractivity contribution in [1.82, 2.24) is 19.8 Å². The van der Waals surface area contributed by atoms with E-state index in [1.807, 2.05) is 37.4 Å². The number of likely N-dealkylation sites (N-methyl/N-ethyl adjacent to an activating group) is 1. The van der Waals surface area contributed by atoms with Crippen LogP contribution in [0.15, 0.2) is 30.5 Å². The maximum Gasteiger partial charge on any atom is 0.161 e. The minimum Gasteiger partial charge on any atom is -0.489 e. The molecule has 0 saturated carbocycles. The third kappa shape index (κ3) is 5.68. The molecular weight excluding hydrogens is 378 g/mol. The lowest BCUT2D eigenvalue weighted by Gasteiger charge is -2.26. The Labute approximate surface area is 179 Å². The number of benzene rings is 1. The lowest BCUT2D eigenvalue weighted by Crippen LogP contribution is -2.37. The molecular formula is C23H33N5O2. The van der Waals surface area contributed by atoms with Gasteiger partial charge in [-0.25, -0.2) is 9.97 Å². The summed E-state index contributed by atoms with van der Waals surface area (Å²) in [5.41, 5.74) is 2.07. The molecule has 2 aliphatic heterocycles. The first kappa shape index (κ1) is 21.0. The Bertz CT molecular complexity index is 808. The van der Waals surface area contributed by atoms with Gasteiger partial charge in [-0.3, -0.25) is 4.90 Å². The van der Waals surface area contributed by atoms with Crippen molar-refractivity contribution in [3.63, 3.8) is 0 Å². The second kappa shape index (κ2) is 10.2. The van der Waals surface area contributed by atoms with Gasteiger partial charge < -0.3 is 19.7 Å². The van der Waals surface area contributed by atoms with Crippen LogP contribution in [-0.2, 0) is 4.74 Å². The van der Waals surface area contributed by atoms with Gasteiger partial charge in [0.05, 0.1) is 13.2 Å². The van der Waals surface area contributed by atoms with Crippen LogP contribution in [0.4, 0.5) is 5.82 Å². The van der Waals surface area contributed by atoms with Crippen molar-refractivity contribution in [2.45, 2.75) is 25.9 Å². The third-order valence-electron chi connectivity index (χ3n) is 5.78. The molecule has 0 spiro atoms. The average molecular weight is 412 g/mol. The van der Waals surface area contributed by atoms with E-state index in [0.29, 0.717) is 0 Å². The summed E-state index contributed by atoms with van der Waals surface area (Å²) in [6.07, 6.45) is 4.34. The van der Waals surface area contributed by atoms with Crippen molar-refractivity contribution in [3.05, 3.63) is 36.0 Å². The van der Waals surface area contributed by atoms with Crippen LogP contribution in [0.25, 0.3) is 11.4 Å². The standard InChI is InChI=1S/C23H33N5O2/c1-18-16-25-23(26-22(18)24-9-3-10-28-12-14-29-15-13-28)19-4-6-20(7-5-19)30-21-8-11-27(2)17-21/h4-7,16,21H,3,8-15,17H2,1-2H3,(H,24,25,26)/t21-/m0/s1. The number of hydrogen-bond acceptors (Lipinski definition) is 7. The summed E-state index contributed by atoms with van der Waals surface area (Å²) in [4.78, 5) is 14.1. The highest BCUT2D eigenvalue weighted by Crippen LogP contribution is 2.23. The molecule has 30 heavy (non-hydrogen) atoms. The van der Waals surface area contributed by atoms with E-state index >= 15 is 0 Å². The first-order valence-corrected chi connectivity index (χ1v) is 11.0. The summed E-state index contributed by atoms with van der Waals surface area (Å²) in [6.45, 7) is 9.90. The fraction of sp³-hybridized carbons (Fsp3) is 0.565. The second-order valence-electron chi connectivity index (χ2n) is 8.27. The topological polar surface area (TPSA) is 62.8 Å². The molecule has 7 heteroatoms. The zero-order valence-corrected chi connectivity index (χ0v) is 18.1. The van der Waals surface area contributed by atoms with E-state index < -0.39 is 0 Å². The van der Waals surface area contributed by atoms with E-state index in [1.54, 1.807) is 0 Å². The second-order valence-corrected chi connectivity index (χ2v) is 8.27. The van der Waals surface area contributed by atoms with Crippen molar-refractivity contribution in [3.8, 4) is 17.1 Å². The normalized spacial score (nSPS) is 20.4. The summed E-state index contributed by atoms with van der Waals surface area (Å²) >= 11 is 0. The lowest BCUT2D eigenvalue weighted by molar-refractivity contribution is 0.0378. The highest BCUT2D eigenvalue weighted by Gasteiger charge is 2.20. The summed E-state index contributed by atoms with van der Waals surface area (Å²) < 4.78 is 11.5. The van der Waals surface area contributed by atoms with E-state index in [2.05, 4.69) is 27.1 Å². The maximum atomic E-state index is 6.09. The molecule has 0 aliphatic carbocycles. The van der Waals surface area contributed by atoms with Gasteiger partial charge in [-0.05, 0) is 57.6 Å². The molecule has 0 radical (unpaired) electrons. The van der Waals surface area contributed by atoms with E-state index in [1.165, 1.54) is 0 Å². The summed E-state index contributed by atoms with van der Waals surface area (Å²) in [6, 6.07) is 8.13. The number of rotatable bonds is 8. The molecule has 1 atom stereocenters. The Morgan fingerprint density at radius 3 is 2.70 bits per heavy atom. The van der Waals surface area contributed by atoms with Crippen LogP contribution in [0.3, 0.4) is 0 Å². The number of aryl methyl sites for hydroxylation is 1. The highest BCUT2D eigenvalue weighted by molar-refractivity contribution is 5.59. The molecule has 7 nitrogen and oxygen atoms in total. The molecule has 3 heterocycles. The van der Waals surface area contributed by atoms with Gasteiger partial charge in [0.1, 0.15) is 17.7 Å². The molecule has 0 amide bonds. The number of nitrogens with one attached hydrogen (secondary N) is 1. The van der Waals surface area contributed by atoms with Crippen molar-refractivity contribution < 1.29 is 9.47 Å².